The lowest BCUT2D eigenvalue weighted by Gasteiger charge is -2.08. The van der Waals surface area contributed by atoms with Gasteiger partial charge in [0, 0.05) is 30.4 Å². The number of aromatic amines is 1. The number of hydrogen-bond donors (Lipinski definition) is 4. The first-order valence-electron chi connectivity index (χ1n) is 9.85. The molecule has 0 saturated carbocycles. The number of nitrogens with zero attached hydrogens (tertiary/aromatic N) is 3. The van der Waals surface area contributed by atoms with Gasteiger partial charge in [-0.1, -0.05) is 26.0 Å². The minimum atomic E-state index is -0.301. The molecule has 164 valence electrons. The lowest BCUT2D eigenvalue weighted by atomic mass is 10.2. The zero-order chi connectivity index (χ0) is 22.5. The van der Waals surface area contributed by atoms with Crippen molar-refractivity contribution >= 4 is 17.0 Å². The minimum absolute atomic E-state index is 0.123. The summed E-state index contributed by atoms with van der Waals surface area (Å²) in [7, 11) is 0.500. The second-order valence-electron chi connectivity index (χ2n) is 6.15. The molecule has 0 radical (unpaired) electrons. The fourth-order valence-corrected chi connectivity index (χ4v) is 2.74. The fourth-order valence-electron chi connectivity index (χ4n) is 2.74. The molecule has 2 heterocycles. The third-order valence-corrected chi connectivity index (χ3v) is 3.99. The Morgan fingerprint density at radius 1 is 1.23 bits per heavy atom. The molecule has 8 nitrogen and oxygen atoms in total. The number of halogens is 1. The van der Waals surface area contributed by atoms with Crippen LogP contribution in [-0.4, -0.2) is 40.8 Å². The number of aryl methyl sites for hydroxylation is 1. The lowest BCUT2D eigenvalue weighted by Crippen LogP contribution is -2.23. The smallest absolute Gasteiger partial charge is 0.354 e. The molecule has 0 bridgehead atoms. The fraction of sp³-hybridized carbons (Fsp3) is 0.381. The highest BCUT2D eigenvalue weighted by Gasteiger charge is 2.06. The van der Waals surface area contributed by atoms with Crippen LogP contribution in [0.4, 0.5) is 4.39 Å². The molecule has 0 aliphatic carbocycles. The number of nitrogens with one attached hydrogen (secondary N) is 2. The minimum Gasteiger partial charge on any atom is -0.370 e. The number of H-pyrrole nitrogens is 1. The molecule has 6 N–H and O–H groups in total. The number of alkyl halides is 1. The summed E-state index contributed by atoms with van der Waals surface area (Å²) in [4.78, 5) is 23.3. The number of hydrogen-bond acceptors (Lipinski definition) is 4. The average Bonchev–Trinajstić information content (AvgIpc) is 3.12. The van der Waals surface area contributed by atoms with Crippen LogP contribution in [0.25, 0.3) is 16.7 Å². The molecule has 30 heavy (non-hydrogen) atoms. The van der Waals surface area contributed by atoms with Gasteiger partial charge < -0.3 is 21.8 Å². The molecular weight excluding hydrogens is 385 g/mol. The van der Waals surface area contributed by atoms with Gasteiger partial charge in [-0.25, -0.2) is 4.79 Å². The molecule has 0 unspecified atom stereocenters. The molecule has 2 aromatic heterocycles. The molecule has 0 atom stereocenters. The van der Waals surface area contributed by atoms with E-state index in [0.717, 1.165) is 41.8 Å². The van der Waals surface area contributed by atoms with Crippen LogP contribution in [0.3, 0.4) is 0 Å². The van der Waals surface area contributed by atoms with Crippen molar-refractivity contribution in [2.24, 2.45) is 16.5 Å². The zero-order valence-corrected chi connectivity index (χ0v) is 18.1. The van der Waals surface area contributed by atoms with Crippen molar-refractivity contribution in [1.82, 2.24) is 19.9 Å². The molecule has 0 amide bonds. The first kappa shape index (κ1) is 24.8. The largest absolute Gasteiger partial charge is 0.370 e. The van der Waals surface area contributed by atoms with Gasteiger partial charge in [0.2, 0.25) is 0 Å². The van der Waals surface area contributed by atoms with E-state index < -0.39 is 0 Å². The number of guanidine groups is 1. The second kappa shape index (κ2) is 13.1. The van der Waals surface area contributed by atoms with Gasteiger partial charge in [0.05, 0.1) is 12.9 Å². The average molecular weight is 418 g/mol. The summed E-state index contributed by atoms with van der Waals surface area (Å²) in [5.74, 6) is 0.123. The zero-order valence-electron chi connectivity index (χ0n) is 18.1. The van der Waals surface area contributed by atoms with Crippen molar-refractivity contribution in [3.8, 4) is 5.69 Å². The van der Waals surface area contributed by atoms with Gasteiger partial charge in [0.1, 0.15) is 5.65 Å². The molecule has 0 fully saturated rings. The molecule has 0 aliphatic rings. The van der Waals surface area contributed by atoms with E-state index in [9.17, 15) is 9.18 Å². The van der Waals surface area contributed by atoms with Crippen LogP contribution in [0.5, 0.6) is 0 Å². The van der Waals surface area contributed by atoms with Crippen LogP contribution < -0.4 is 22.5 Å². The van der Waals surface area contributed by atoms with Crippen LogP contribution in [0, 0.1) is 6.92 Å². The van der Waals surface area contributed by atoms with Gasteiger partial charge >= 0.3 is 5.69 Å². The molecule has 9 heteroatoms. The second-order valence-corrected chi connectivity index (χ2v) is 6.15. The van der Waals surface area contributed by atoms with Gasteiger partial charge in [-0.15, -0.1) is 0 Å². The van der Waals surface area contributed by atoms with Crippen molar-refractivity contribution < 1.29 is 4.39 Å². The van der Waals surface area contributed by atoms with Crippen molar-refractivity contribution in [3.05, 3.63) is 58.3 Å². The molecule has 0 spiro atoms. The van der Waals surface area contributed by atoms with Gasteiger partial charge in [0.25, 0.3) is 0 Å². The number of aliphatic imine (C=N–C) groups is 1. The summed E-state index contributed by atoms with van der Waals surface area (Å²) in [6, 6.07) is 9.81. The Bertz CT molecular complexity index is 973. The van der Waals surface area contributed by atoms with E-state index >= 15 is 0 Å². The number of aromatic nitrogens is 3. The maximum Gasteiger partial charge on any atom is 0.354 e. The van der Waals surface area contributed by atoms with E-state index in [1.807, 2.05) is 57.3 Å². The van der Waals surface area contributed by atoms with E-state index in [2.05, 4.69) is 20.3 Å². The van der Waals surface area contributed by atoms with Crippen molar-refractivity contribution in [2.45, 2.75) is 33.7 Å². The third-order valence-electron chi connectivity index (χ3n) is 3.99. The lowest BCUT2D eigenvalue weighted by molar-refractivity contribution is 0.636. The highest BCUT2D eigenvalue weighted by molar-refractivity contribution is 5.76. The summed E-state index contributed by atoms with van der Waals surface area (Å²) < 4.78 is 11.1. The Morgan fingerprint density at radius 3 is 2.53 bits per heavy atom. The van der Waals surface area contributed by atoms with Crippen LogP contribution in [0.15, 0.2) is 46.3 Å². The highest BCUT2D eigenvalue weighted by Crippen LogP contribution is 2.13. The number of benzene rings is 1. The number of nitrogens with two attached hydrogens (primary N) is 2. The van der Waals surface area contributed by atoms with Crippen LogP contribution in [0.1, 0.15) is 31.5 Å². The quantitative estimate of drug-likeness (QED) is 0.267. The predicted octanol–water partition coefficient (Wildman–Crippen LogP) is 2.39. The Kier molecular flexibility index (Phi) is 10.8. The van der Waals surface area contributed by atoms with Gasteiger partial charge in [-0.05, 0) is 43.7 Å². The molecule has 3 rings (SSSR count). The normalized spacial score (nSPS) is 9.90. The summed E-state index contributed by atoms with van der Waals surface area (Å²) in [6.07, 6.45) is 2.68. The monoisotopic (exact) mass is 417 g/mol. The Hall–Kier alpha value is -3.20. The van der Waals surface area contributed by atoms with Crippen LogP contribution in [0.2, 0.25) is 0 Å². The Balaban J connectivity index is 0.00000106. The molecule has 0 aliphatic heterocycles. The van der Waals surface area contributed by atoms with Gasteiger partial charge in [0.15, 0.2) is 5.96 Å². The van der Waals surface area contributed by atoms with E-state index in [-0.39, 0.29) is 11.6 Å². The number of fused-ring (bicyclic) bond motifs is 1. The summed E-state index contributed by atoms with van der Waals surface area (Å²) in [5.41, 5.74) is 13.8. The molecule has 3 aromatic rings. The predicted molar refractivity (Wildman–Crippen MR) is 122 cm³/mol. The van der Waals surface area contributed by atoms with Gasteiger partial charge in [-0.2, -0.15) is 4.98 Å². The van der Waals surface area contributed by atoms with Crippen LogP contribution >= 0.6 is 0 Å². The van der Waals surface area contributed by atoms with Crippen LogP contribution in [-0.2, 0) is 6.54 Å². The SMILES string of the molecule is CC.CF.Cc1cc2cn(-c3ccc(CNCCCN=C(N)N)cc3)c(=O)nc2[nH]1. The standard InChI is InChI=1S/C18H23N7O.C2H6.CH3F/c1-12-9-14-11-25(18(26)24-16(14)23-12)15-5-3-13(4-6-15)10-21-7-2-8-22-17(19)20;2*1-2/h3-6,9,11,21H,2,7-8,10H2,1H3,(H4,19,20,22)(H,23,24,26);1-2H3;1H3. The highest BCUT2D eigenvalue weighted by atomic mass is 19.1. The molecular formula is C21H32FN7O. The van der Waals surface area contributed by atoms with Crippen molar-refractivity contribution in [2.75, 3.05) is 20.3 Å². The maximum absolute atomic E-state index is 12.2. The van der Waals surface area contributed by atoms with Crippen molar-refractivity contribution in [3.63, 3.8) is 0 Å². The van der Waals surface area contributed by atoms with E-state index in [4.69, 9.17) is 11.5 Å². The first-order chi connectivity index (χ1) is 14.5. The van der Waals surface area contributed by atoms with Crippen molar-refractivity contribution in [1.29, 1.82) is 0 Å². The van der Waals surface area contributed by atoms with E-state index in [1.54, 1.807) is 4.57 Å². The summed E-state index contributed by atoms with van der Waals surface area (Å²) in [6.45, 7) is 8.12. The summed E-state index contributed by atoms with van der Waals surface area (Å²) in [5, 5.41) is 4.25. The van der Waals surface area contributed by atoms with E-state index in [1.165, 1.54) is 0 Å². The van der Waals surface area contributed by atoms with Gasteiger partial charge in [-0.3, -0.25) is 13.9 Å². The maximum atomic E-state index is 12.2. The first-order valence-corrected chi connectivity index (χ1v) is 9.85. The Morgan fingerprint density at radius 2 is 1.90 bits per heavy atom. The topological polar surface area (TPSA) is 127 Å². The molecule has 0 saturated heterocycles. The molecule has 1 aromatic carbocycles. The Labute approximate surface area is 176 Å². The van der Waals surface area contributed by atoms with E-state index in [0.29, 0.717) is 19.4 Å². The third kappa shape index (κ3) is 7.32. The summed E-state index contributed by atoms with van der Waals surface area (Å²) >= 11 is 0. The number of rotatable bonds is 7.